The molecule has 0 spiro atoms. The predicted octanol–water partition coefficient (Wildman–Crippen LogP) is 0.175. The van der Waals surface area contributed by atoms with Gasteiger partial charge in [-0.1, -0.05) is 0 Å². The Morgan fingerprint density at radius 2 is 2.05 bits per heavy atom. The van der Waals surface area contributed by atoms with Gasteiger partial charge in [0.1, 0.15) is 0 Å². The standard InChI is InChI=1S/C13H22N2O5/c16-8-9-3-1-2-6-15(9)13(19)14-7-10-4-5-11(20-10)12(17)18/h9-11,16H,1-8H2,(H,14,19)(H,17,18). The summed E-state index contributed by atoms with van der Waals surface area (Å²) in [7, 11) is 0. The number of hydrogen-bond donors (Lipinski definition) is 3. The van der Waals surface area contributed by atoms with Gasteiger partial charge in [-0.2, -0.15) is 0 Å². The Bertz CT molecular complexity index is 363. The number of ether oxygens (including phenoxy) is 1. The van der Waals surface area contributed by atoms with Crippen LogP contribution in [-0.4, -0.2) is 65.1 Å². The molecule has 2 heterocycles. The topological polar surface area (TPSA) is 99.1 Å². The first kappa shape index (κ1) is 15.1. The highest BCUT2D eigenvalue weighted by Gasteiger charge is 2.31. The minimum Gasteiger partial charge on any atom is -0.479 e. The third-order valence-corrected chi connectivity index (χ3v) is 3.96. The van der Waals surface area contributed by atoms with E-state index in [4.69, 9.17) is 9.84 Å². The summed E-state index contributed by atoms with van der Waals surface area (Å²) in [5.41, 5.74) is 0. The van der Waals surface area contributed by atoms with Crippen molar-refractivity contribution in [1.82, 2.24) is 10.2 Å². The number of nitrogens with one attached hydrogen (secondary N) is 1. The molecule has 3 N–H and O–H groups in total. The maximum absolute atomic E-state index is 12.1. The minimum absolute atomic E-state index is 0.0194. The number of amides is 2. The van der Waals surface area contributed by atoms with E-state index in [1.807, 2.05) is 0 Å². The summed E-state index contributed by atoms with van der Waals surface area (Å²) in [6.07, 6.45) is 2.94. The zero-order valence-electron chi connectivity index (χ0n) is 11.5. The van der Waals surface area contributed by atoms with E-state index in [0.717, 1.165) is 19.3 Å². The molecule has 0 aromatic rings. The summed E-state index contributed by atoms with van der Waals surface area (Å²) in [5, 5.41) is 20.9. The van der Waals surface area contributed by atoms with Gasteiger partial charge >= 0.3 is 12.0 Å². The summed E-state index contributed by atoms with van der Waals surface area (Å²) in [6.45, 7) is 0.950. The SMILES string of the molecule is O=C(O)C1CCC(CNC(=O)N2CCCCC2CO)O1. The number of aliphatic hydroxyl groups excluding tert-OH is 1. The van der Waals surface area contributed by atoms with Crippen molar-refractivity contribution < 1.29 is 24.5 Å². The first-order valence-electron chi connectivity index (χ1n) is 7.15. The molecule has 0 aromatic carbocycles. The highest BCUT2D eigenvalue weighted by Crippen LogP contribution is 2.20. The fourth-order valence-corrected chi connectivity index (χ4v) is 2.80. The smallest absolute Gasteiger partial charge is 0.332 e. The molecule has 2 aliphatic heterocycles. The van der Waals surface area contributed by atoms with Gasteiger partial charge < -0.3 is 25.2 Å². The van der Waals surface area contributed by atoms with E-state index >= 15 is 0 Å². The highest BCUT2D eigenvalue weighted by atomic mass is 16.5. The van der Waals surface area contributed by atoms with Crippen LogP contribution >= 0.6 is 0 Å². The quantitative estimate of drug-likeness (QED) is 0.684. The van der Waals surface area contributed by atoms with Gasteiger partial charge in [0.15, 0.2) is 6.10 Å². The Morgan fingerprint density at radius 3 is 2.70 bits per heavy atom. The summed E-state index contributed by atoms with van der Waals surface area (Å²) in [6, 6.07) is -0.314. The number of nitrogens with zero attached hydrogens (tertiary/aromatic N) is 1. The first-order chi connectivity index (χ1) is 9.61. The largest absolute Gasteiger partial charge is 0.479 e. The van der Waals surface area contributed by atoms with E-state index in [0.29, 0.717) is 25.9 Å². The van der Waals surface area contributed by atoms with Crippen molar-refractivity contribution in [3.8, 4) is 0 Å². The van der Waals surface area contributed by atoms with Crippen LogP contribution in [0.3, 0.4) is 0 Å². The molecule has 114 valence electrons. The average Bonchev–Trinajstić information content (AvgIpc) is 2.94. The molecular weight excluding hydrogens is 264 g/mol. The fourth-order valence-electron chi connectivity index (χ4n) is 2.80. The maximum Gasteiger partial charge on any atom is 0.332 e. The average molecular weight is 286 g/mol. The zero-order valence-corrected chi connectivity index (χ0v) is 11.5. The fraction of sp³-hybridized carbons (Fsp3) is 0.846. The number of likely N-dealkylation sites (tertiary alicyclic amines) is 1. The highest BCUT2D eigenvalue weighted by molar-refractivity contribution is 5.75. The summed E-state index contributed by atoms with van der Waals surface area (Å²) >= 11 is 0. The van der Waals surface area contributed by atoms with Crippen molar-refractivity contribution >= 4 is 12.0 Å². The Hall–Kier alpha value is -1.34. The van der Waals surface area contributed by atoms with Gasteiger partial charge in [-0.15, -0.1) is 0 Å². The van der Waals surface area contributed by atoms with Crippen LogP contribution in [0.1, 0.15) is 32.1 Å². The molecule has 2 fully saturated rings. The summed E-state index contributed by atoms with van der Waals surface area (Å²) in [5.74, 6) is -0.949. The van der Waals surface area contributed by atoms with Crippen LogP contribution in [-0.2, 0) is 9.53 Å². The molecular formula is C13H22N2O5. The molecule has 3 unspecified atom stereocenters. The first-order valence-corrected chi connectivity index (χ1v) is 7.15. The van der Waals surface area contributed by atoms with Gasteiger partial charge in [0.25, 0.3) is 0 Å². The van der Waals surface area contributed by atoms with E-state index in [9.17, 15) is 14.7 Å². The molecule has 0 aromatic heterocycles. The van der Waals surface area contributed by atoms with Crippen LogP contribution in [0.4, 0.5) is 4.79 Å². The normalized spacial score (nSPS) is 30.2. The third-order valence-electron chi connectivity index (χ3n) is 3.96. The number of carboxylic acids is 1. The van der Waals surface area contributed by atoms with Crippen LogP contribution in [0.25, 0.3) is 0 Å². The Balaban J connectivity index is 1.76. The molecule has 7 heteroatoms. The van der Waals surface area contributed by atoms with E-state index < -0.39 is 12.1 Å². The second-order valence-electron chi connectivity index (χ2n) is 5.37. The summed E-state index contributed by atoms with van der Waals surface area (Å²) in [4.78, 5) is 24.5. The maximum atomic E-state index is 12.1. The van der Waals surface area contributed by atoms with Crippen molar-refractivity contribution in [3.05, 3.63) is 0 Å². The predicted molar refractivity (Wildman–Crippen MR) is 70.4 cm³/mol. The van der Waals surface area contributed by atoms with Crippen molar-refractivity contribution in [2.45, 2.75) is 50.4 Å². The lowest BCUT2D eigenvalue weighted by Crippen LogP contribution is -2.51. The zero-order chi connectivity index (χ0) is 14.5. The number of urea groups is 1. The summed E-state index contributed by atoms with van der Waals surface area (Å²) < 4.78 is 5.33. The van der Waals surface area contributed by atoms with Crippen LogP contribution in [0, 0.1) is 0 Å². The van der Waals surface area contributed by atoms with Crippen molar-refractivity contribution in [3.63, 3.8) is 0 Å². The molecule has 2 saturated heterocycles. The molecule has 0 saturated carbocycles. The number of piperidine rings is 1. The molecule has 3 atom stereocenters. The van der Waals surface area contributed by atoms with Crippen molar-refractivity contribution in [2.75, 3.05) is 19.7 Å². The van der Waals surface area contributed by atoms with Gasteiger partial charge in [0, 0.05) is 13.1 Å². The Kier molecular flexibility index (Phi) is 5.19. The van der Waals surface area contributed by atoms with Crippen molar-refractivity contribution in [1.29, 1.82) is 0 Å². The van der Waals surface area contributed by atoms with Crippen LogP contribution in [0.5, 0.6) is 0 Å². The number of carbonyl (C=O) groups excluding carboxylic acids is 1. The van der Waals surface area contributed by atoms with Gasteiger partial charge in [-0.05, 0) is 32.1 Å². The van der Waals surface area contributed by atoms with Gasteiger partial charge in [0.2, 0.25) is 0 Å². The number of hydrogen-bond acceptors (Lipinski definition) is 4. The number of aliphatic hydroxyl groups is 1. The lowest BCUT2D eigenvalue weighted by Gasteiger charge is -2.34. The number of rotatable bonds is 4. The molecule has 20 heavy (non-hydrogen) atoms. The van der Waals surface area contributed by atoms with E-state index in [2.05, 4.69) is 5.32 Å². The van der Waals surface area contributed by atoms with Gasteiger partial charge in [0.05, 0.1) is 18.8 Å². The van der Waals surface area contributed by atoms with Gasteiger partial charge in [-0.3, -0.25) is 0 Å². The molecule has 7 nitrogen and oxygen atoms in total. The molecule has 0 radical (unpaired) electrons. The van der Waals surface area contributed by atoms with Crippen LogP contribution in [0.15, 0.2) is 0 Å². The second kappa shape index (κ2) is 6.90. The lowest BCUT2D eigenvalue weighted by atomic mass is 10.0. The second-order valence-corrected chi connectivity index (χ2v) is 5.37. The molecule has 0 aliphatic carbocycles. The van der Waals surface area contributed by atoms with Crippen LogP contribution < -0.4 is 5.32 Å². The van der Waals surface area contributed by atoms with Crippen LogP contribution in [0.2, 0.25) is 0 Å². The number of carbonyl (C=O) groups is 2. The number of aliphatic carboxylic acids is 1. The van der Waals surface area contributed by atoms with Crippen molar-refractivity contribution in [2.24, 2.45) is 0 Å². The Labute approximate surface area is 117 Å². The lowest BCUT2D eigenvalue weighted by molar-refractivity contribution is -0.149. The van der Waals surface area contributed by atoms with Gasteiger partial charge in [-0.25, -0.2) is 9.59 Å². The van der Waals surface area contributed by atoms with E-state index in [1.54, 1.807) is 4.90 Å². The van der Waals surface area contributed by atoms with E-state index in [1.165, 1.54) is 0 Å². The Morgan fingerprint density at radius 1 is 1.25 bits per heavy atom. The monoisotopic (exact) mass is 286 g/mol. The molecule has 0 bridgehead atoms. The molecule has 2 amide bonds. The van der Waals surface area contributed by atoms with E-state index in [-0.39, 0.29) is 24.8 Å². The number of carboxylic acid groups (broad SMARTS) is 1. The molecule has 2 rings (SSSR count). The third kappa shape index (κ3) is 3.61. The molecule has 2 aliphatic rings. The minimum atomic E-state index is -0.949.